The summed E-state index contributed by atoms with van der Waals surface area (Å²) in [7, 11) is 0. The van der Waals surface area contributed by atoms with E-state index in [9.17, 15) is 15.3 Å². The number of fused-ring (bicyclic) bond motifs is 1. The molecule has 0 radical (unpaired) electrons. The predicted molar refractivity (Wildman–Crippen MR) is 92.4 cm³/mol. The van der Waals surface area contributed by atoms with Crippen molar-refractivity contribution in [2.24, 2.45) is 0 Å². The van der Waals surface area contributed by atoms with Gasteiger partial charge in [0.05, 0.1) is 6.10 Å². The van der Waals surface area contributed by atoms with E-state index in [4.69, 9.17) is 4.74 Å². The van der Waals surface area contributed by atoms with Crippen LogP contribution in [0.2, 0.25) is 0 Å². The lowest BCUT2D eigenvalue weighted by Crippen LogP contribution is -2.30. The van der Waals surface area contributed by atoms with Crippen molar-refractivity contribution in [1.82, 2.24) is 0 Å². The SMILES string of the molecule is CC(C)=CCc1cc(C2Oc3cc(O)ccc3CC2O)ccc1O. The Balaban J connectivity index is 1.91. The third-order valence-electron chi connectivity index (χ3n) is 4.25. The van der Waals surface area contributed by atoms with Gasteiger partial charge in [-0.25, -0.2) is 0 Å². The summed E-state index contributed by atoms with van der Waals surface area (Å²) in [5.74, 6) is 0.961. The Hall–Kier alpha value is -2.46. The Morgan fingerprint density at radius 2 is 1.96 bits per heavy atom. The number of allylic oxidation sites excluding steroid dienone is 2. The van der Waals surface area contributed by atoms with Crippen LogP contribution < -0.4 is 4.74 Å². The van der Waals surface area contributed by atoms with E-state index >= 15 is 0 Å². The molecular weight excluding hydrogens is 304 g/mol. The topological polar surface area (TPSA) is 69.9 Å². The lowest BCUT2D eigenvalue weighted by molar-refractivity contribution is 0.0206. The van der Waals surface area contributed by atoms with E-state index in [0.29, 0.717) is 18.6 Å². The summed E-state index contributed by atoms with van der Waals surface area (Å²) in [5.41, 5.74) is 3.66. The third kappa shape index (κ3) is 3.39. The number of benzene rings is 2. The summed E-state index contributed by atoms with van der Waals surface area (Å²) < 4.78 is 5.92. The molecule has 1 heterocycles. The van der Waals surface area contributed by atoms with Crippen LogP contribution in [0.25, 0.3) is 0 Å². The second kappa shape index (κ2) is 6.57. The highest BCUT2D eigenvalue weighted by Gasteiger charge is 2.30. The van der Waals surface area contributed by atoms with Crippen molar-refractivity contribution in [2.75, 3.05) is 0 Å². The van der Waals surface area contributed by atoms with Crippen LogP contribution in [-0.4, -0.2) is 21.4 Å². The number of rotatable bonds is 3. The maximum absolute atomic E-state index is 10.5. The van der Waals surface area contributed by atoms with Crippen LogP contribution in [0.15, 0.2) is 48.0 Å². The Bertz CT molecular complexity index is 775. The van der Waals surface area contributed by atoms with Crippen LogP contribution >= 0.6 is 0 Å². The summed E-state index contributed by atoms with van der Waals surface area (Å²) in [6.07, 6.45) is 1.94. The molecule has 0 bridgehead atoms. The third-order valence-corrected chi connectivity index (χ3v) is 4.25. The molecular formula is C20H22O4. The Morgan fingerprint density at radius 3 is 2.71 bits per heavy atom. The molecule has 3 rings (SSSR count). The van der Waals surface area contributed by atoms with Gasteiger partial charge >= 0.3 is 0 Å². The van der Waals surface area contributed by atoms with E-state index in [0.717, 1.165) is 16.7 Å². The molecule has 4 heteroatoms. The average molecular weight is 326 g/mol. The number of aliphatic hydroxyl groups excluding tert-OH is 1. The van der Waals surface area contributed by atoms with Gasteiger partial charge in [0.25, 0.3) is 0 Å². The number of ether oxygens (including phenoxy) is 1. The molecule has 0 saturated heterocycles. The number of phenols is 2. The average Bonchev–Trinajstić information content (AvgIpc) is 2.54. The first-order valence-corrected chi connectivity index (χ1v) is 8.06. The molecule has 0 amide bonds. The molecule has 0 fully saturated rings. The van der Waals surface area contributed by atoms with E-state index < -0.39 is 12.2 Å². The summed E-state index contributed by atoms with van der Waals surface area (Å²) in [6.45, 7) is 4.02. The monoisotopic (exact) mass is 326 g/mol. The van der Waals surface area contributed by atoms with E-state index in [2.05, 4.69) is 0 Å². The second-order valence-electron chi connectivity index (χ2n) is 6.48. The molecule has 1 aliphatic heterocycles. The predicted octanol–water partition coefficient (Wildman–Crippen LogP) is 3.64. The molecule has 3 N–H and O–H groups in total. The lowest BCUT2D eigenvalue weighted by Gasteiger charge is -2.31. The van der Waals surface area contributed by atoms with Crippen molar-refractivity contribution in [2.45, 2.75) is 38.9 Å². The van der Waals surface area contributed by atoms with Crippen LogP contribution in [-0.2, 0) is 12.8 Å². The molecule has 4 nitrogen and oxygen atoms in total. The highest BCUT2D eigenvalue weighted by Crippen LogP contribution is 2.38. The Morgan fingerprint density at radius 1 is 1.17 bits per heavy atom. The van der Waals surface area contributed by atoms with Gasteiger partial charge in [-0.3, -0.25) is 0 Å². The number of hydrogen-bond donors (Lipinski definition) is 3. The minimum absolute atomic E-state index is 0.138. The fourth-order valence-corrected chi connectivity index (χ4v) is 2.92. The van der Waals surface area contributed by atoms with E-state index in [1.807, 2.05) is 26.0 Å². The van der Waals surface area contributed by atoms with Gasteiger partial charge < -0.3 is 20.1 Å². The molecule has 2 atom stereocenters. The van der Waals surface area contributed by atoms with Crippen molar-refractivity contribution >= 4 is 0 Å². The second-order valence-corrected chi connectivity index (χ2v) is 6.48. The molecule has 0 saturated carbocycles. The zero-order chi connectivity index (χ0) is 17.3. The lowest BCUT2D eigenvalue weighted by atomic mass is 9.93. The van der Waals surface area contributed by atoms with Gasteiger partial charge in [-0.2, -0.15) is 0 Å². The van der Waals surface area contributed by atoms with Crippen molar-refractivity contribution in [3.8, 4) is 17.2 Å². The first-order chi connectivity index (χ1) is 11.4. The molecule has 2 aromatic carbocycles. The van der Waals surface area contributed by atoms with Crippen molar-refractivity contribution < 1.29 is 20.1 Å². The first-order valence-electron chi connectivity index (χ1n) is 8.06. The summed E-state index contributed by atoms with van der Waals surface area (Å²) in [6, 6.07) is 10.2. The number of phenolic OH excluding ortho intramolecular Hbond substituents is 2. The van der Waals surface area contributed by atoms with Crippen molar-refractivity contribution in [3.05, 3.63) is 64.7 Å². The Kier molecular flexibility index (Phi) is 4.49. The molecule has 0 aromatic heterocycles. The van der Waals surface area contributed by atoms with Crippen LogP contribution in [0.5, 0.6) is 17.2 Å². The molecule has 126 valence electrons. The summed E-state index contributed by atoms with van der Waals surface area (Å²) in [4.78, 5) is 0. The van der Waals surface area contributed by atoms with Crippen molar-refractivity contribution in [1.29, 1.82) is 0 Å². The largest absolute Gasteiger partial charge is 0.508 e. The standard InChI is InChI=1S/C20H22O4/c1-12(2)3-4-13-9-15(6-8-17(13)22)20-18(23)10-14-5-7-16(21)11-19(14)24-20/h3,5-9,11,18,20-23H,4,10H2,1-2H3. The summed E-state index contributed by atoms with van der Waals surface area (Å²) in [5, 5.41) is 30.1. The summed E-state index contributed by atoms with van der Waals surface area (Å²) >= 11 is 0. The quantitative estimate of drug-likeness (QED) is 0.753. The fraction of sp³-hybridized carbons (Fsp3) is 0.300. The minimum atomic E-state index is -0.678. The number of aromatic hydroxyl groups is 2. The van der Waals surface area contributed by atoms with Gasteiger partial charge in [0.15, 0.2) is 0 Å². The highest BCUT2D eigenvalue weighted by molar-refractivity contribution is 5.44. The van der Waals surface area contributed by atoms with Crippen LogP contribution in [0, 0.1) is 0 Å². The number of aliphatic hydroxyl groups is 1. The minimum Gasteiger partial charge on any atom is -0.508 e. The molecule has 24 heavy (non-hydrogen) atoms. The van der Waals surface area contributed by atoms with E-state index in [1.54, 1.807) is 30.3 Å². The molecule has 0 aliphatic carbocycles. The molecule has 2 unspecified atom stereocenters. The van der Waals surface area contributed by atoms with Crippen LogP contribution in [0.3, 0.4) is 0 Å². The zero-order valence-corrected chi connectivity index (χ0v) is 13.9. The Labute approximate surface area is 141 Å². The van der Waals surface area contributed by atoms with Gasteiger partial charge in [0.1, 0.15) is 23.4 Å². The van der Waals surface area contributed by atoms with Gasteiger partial charge in [0, 0.05) is 12.5 Å². The maximum Gasteiger partial charge on any atom is 0.150 e. The van der Waals surface area contributed by atoms with Crippen molar-refractivity contribution in [3.63, 3.8) is 0 Å². The number of hydrogen-bond acceptors (Lipinski definition) is 4. The smallest absolute Gasteiger partial charge is 0.150 e. The van der Waals surface area contributed by atoms with Gasteiger partial charge in [-0.1, -0.05) is 23.8 Å². The highest BCUT2D eigenvalue weighted by atomic mass is 16.5. The van der Waals surface area contributed by atoms with Gasteiger partial charge in [-0.15, -0.1) is 0 Å². The van der Waals surface area contributed by atoms with Crippen LogP contribution in [0.4, 0.5) is 0 Å². The van der Waals surface area contributed by atoms with Gasteiger partial charge in [-0.05, 0) is 55.2 Å². The van der Waals surface area contributed by atoms with Gasteiger partial charge in [0.2, 0.25) is 0 Å². The zero-order valence-electron chi connectivity index (χ0n) is 13.9. The molecule has 0 spiro atoms. The fourth-order valence-electron chi connectivity index (χ4n) is 2.92. The molecule has 2 aromatic rings. The first kappa shape index (κ1) is 16.4. The molecule has 1 aliphatic rings. The van der Waals surface area contributed by atoms with Crippen LogP contribution in [0.1, 0.15) is 36.6 Å². The normalized spacial score (nSPS) is 19.3. The van der Waals surface area contributed by atoms with E-state index in [1.165, 1.54) is 5.57 Å². The maximum atomic E-state index is 10.5. The van der Waals surface area contributed by atoms with E-state index in [-0.39, 0.29) is 11.5 Å².